The summed E-state index contributed by atoms with van der Waals surface area (Å²) in [6.45, 7) is 10.2. The van der Waals surface area contributed by atoms with Crippen molar-refractivity contribution in [1.29, 1.82) is 0 Å². The van der Waals surface area contributed by atoms with Crippen molar-refractivity contribution in [3.05, 3.63) is 23.7 Å². The average Bonchev–Trinajstić information content (AvgIpc) is 2.71. The number of rotatable bonds is 6. The highest BCUT2D eigenvalue weighted by molar-refractivity contribution is 5.17. The zero-order valence-electron chi connectivity index (χ0n) is 12.2. The predicted octanol–water partition coefficient (Wildman–Crippen LogP) is 2.39. The van der Waals surface area contributed by atoms with Crippen molar-refractivity contribution in [3.8, 4) is 0 Å². The van der Waals surface area contributed by atoms with Crippen LogP contribution in [0.15, 0.2) is 16.7 Å². The van der Waals surface area contributed by atoms with Gasteiger partial charge < -0.3 is 14.5 Å². The van der Waals surface area contributed by atoms with Crippen LogP contribution in [-0.4, -0.2) is 37.2 Å². The van der Waals surface area contributed by atoms with Gasteiger partial charge in [-0.25, -0.2) is 0 Å². The van der Waals surface area contributed by atoms with Crippen LogP contribution in [0, 0.1) is 0 Å². The lowest BCUT2D eigenvalue weighted by atomic mass is 10.2. The Balaban J connectivity index is 1.88. The monoisotopic (exact) mass is 266 g/mol. The second kappa shape index (κ2) is 7.68. The molecule has 1 aliphatic heterocycles. The Labute approximate surface area is 116 Å². The van der Waals surface area contributed by atoms with Gasteiger partial charge in [-0.1, -0.05) is 6.92 Å². The molecule has 4 heteroatoms. The van der Waals surface area contributed by atoms with E-state index in [1.807, 2.05) is 0 Å². The van der Waals surface area contributed by atoms with E-state index in [-0.39, 0.29) is 0 Å². The Morgan fingerprint density at radius 3 is 3.21 bits per heavy atom. The number of nitrogens with one attached hydrogen (secondary N) is 1. The van der Waals surface area contributed by atoms with E-state index in [4.69, 9.17) is 9.15 Å². The summed E-state index contributed by atoms with van der Waals surface area (Å²) in [5.74, 6) is 1.08. The van der Waals surface area contributed by atoms with Crippen molar-refractivity contribution >= 4 is 0 Å². The number of hydrogen-bond donors (Lipinski definition) is 1. The van der Waals surface area contributed by atoms with E-state index in [0.717, 1.165) is 57.9 Å². The fraction of sp³-hybridized carbons (Fsp3) is 0.733. The number of nitrogens with zero attached hydrogens (tertiary/aromatic N) is 1. The molecule has 2 heterocycles. The lowest BCUT2D eigenvalue weighted by molar-refractivity contribution is 0.0667. The molecule has 2 rings (SSSR count). The molecule has 0 aromatic carbocycles. The molecule has 1 aromatic rings. The van der Waals surface area contributed by atoms with E-state index >= 15 is 0 Å². The van der Waals surface area contributed by atoms with Crippen LogP contribution in [0.1, 0.15) is 38.0 Å². The minimum absolute atomic E-state index is 0.330. The standard InChI is InChI=1S/C15H26N2O2/c1-3-6-16-10-15-14(5-9-19-15)12-17-7-4-8-18-13(2)11-17/h5,9,13,16H,3-4,6-8,10-12H2,1-2H3. The molecule has 19 heavy (non-hydrogen) atoms. The molecule has 1 atom stereocenters. The van der Waals surface area contributed by atoms with Gasteiger partial charge in [-0.05, 0) is 32.4 Å². The minimum Gasteiger partial charge on any atom is -0.468 e. The molecule has 0 radical (unpaired) electrons. The zero-order chi connectivity index (χ0) is 13.5. The van der Waals surface area contributed by atoms with Crippen LogP contribution in [-0.2, 0) is 17.8 Å². The Kier molecular flexibility index (Phi) is 5.89. The second-order valence-corrected chi connectivity index (χ2v) is 5.32. The quantitative estimate of drug-likeness (QED) is 0.802. The molecule has 0 saturated carbocycles. The third-order valence-electron chi connectivity index (χ3n) is 3.48. The SMILES string of the molecule is CCCNCc1occc1CN1CCCOC(C)C1. The molecule has 1 aromatic heterocycles. The van der Waals surface area contributed by atoms with E-state index in [1.165, 1.54) is 5.56 Å². The van der Waals surface area contributed by atoms with Gasteiger partial charge in [-0.2, -0.15) is 0 Å². The molecule has 1 saturated heterocycles. The summed E-state index contributed by atoms with van der Waals surface area (Å²) < 4.78 is 11.3. The summed E-state index contributed by atoms with van der Waals surface area (Å²) in [5.41, 5.74) is 1.30. The average molecular weight is 266 g/mol. The van der Waals surface area contributed by atoms with Crippen molar-refractivity contribution in [2.45, 2.75) is 45.9 Å². The van der Waals surface area contributed by atoms with E-state index in [2.05, 4.69) is 30.1 Å². The van der Waals surface area contributed by atoms with Gasteiger partial charge in [0.25, 0.3) is 0 Å². The molecular formula is C15H26N2O2. The van der Waals surface area contributed by atoms with Crippen LogP contribution in [0.4, 0.5) is 0 Å². The summed E-state index contributed by atoms with van der Waals surface area (Å²) in [6.07, 6.45) is 4.40. The highest BCUT2D eigenvalue weighted by Crippen LogP contribution is 2.15. The molecule has 108 valence electrons. The lowest BCUT2D eigenvalue weighted by Crippen LogP contribution is -2.30. The third-order valence-corrected chi connectivity index (χ3v) is 3.48. The molecule has 0 bridgehead atoms. The smallest absolute Gasteiger partial charge is 0.122 e. The van der Waals surface area contributed by atoms with E-state index in [0.29, 0.717) is 6.10 Å². The highest BCUT2D eigenvalue weighted by atomic mass is 16.5. The van der Waals surface area contributed by atoms with Crippen LogP contribution in [0.3, 0.4) is 0 Å². The van der Waals surface area contributed by atoms with Gasteiger partial charge in [0.1, 0.15) is 5.76 Å². The molecule has 1 fully saturated rings. The Morgan fingerprint density at radius 2 is 2.37 bits per heavy atom. The first-order valence-corrected chi connectivity index (χ1v) is 7.39. The molecule has 0 spiro atoms. The van der Waals surface area contributed by atoms with Crippen LogP contribution in [0.25, 0.3) is 0 Å². The summed E-state index contributed by atoms with van der Waals surface area (Å²) in [6, 6.07) is 2.10. The first kappa shape index (κ1) is 14.6. The number of furan rings is 1. The molecule has 1 aliphatic rings. The number of ether oxygens (including phenoxy) is 1. The van der Waals surface area contributed by atoms with Gasteiger partial charge in [0.15, 0.2) is 0 Å². The van der Waals surface area contributed by atoms with Crippen LogP contribution < -0.4 is 5.32 Å². The van der Waals surface area contributed by atoms with Gasteiger partial charge in [0.2, 0.25) is 0 Å². The summed E-state index contributed by atoms with van der Waals surface area (Å²) in [4.78, 5) is 2.46. The van der Waals surface area contributed by atoms with Gasteiger partial charge in [0.05, 0.1) is 18.9 Å². The second-order valence-electron chi connectivity index (χ2n) is 5.32. The van der Waals surface area contributed by atoms with Crippen LogP contribution >= 0.6 is 0 Å². The predicted molar refractivity (Wildman–Crippen MR) is 76.0 cm³/mol. The Bertz CT molecular complexity index is 365. The maximum Gasteiger partial charge on any atom is 0.122 e. The molecule has 0 aliphatic carbocycles. The van der Waals surface area contributed by atoms with Gasteiger partial charge >= 0.3 is 0 Å². The van der Waals surface area contributed by atoms with Crippen LogP contribution in [0.2, 0.25) is 0 Å². The van der Waals surface area contributed by atoms with E-state index in [1.54, 1.807) is 6.26 Å². The third kappa shape index (κ3) is 4.64. The normalized spacial score (nSPS) is 21.5. The maximum absolute atomic E-state index is 5.68. The topological polar surface area (TPSA) is 37.6 Å². The first-order valence-electron chi connectivity index (χ1n) is 7.39. The molecular weight excluding hydrogens is 240 g/mol. The van der Waals surface area contributed by atoms with Gasteiger partial charge in [0, 0.05) is 31.8 Å². The van der Waals surface area contributed by atoms with Gasteiger partial charge in [-0.3, -0.25) is 4.90 Å². The maximum atomic E-state index is 5.68. The molecule has 0 amide bonds. The van der Waals surface area contributed by atoms with Gasteiger partial charge in [-0.15, -0.1) is 0 Å². The van der Waals surface area contributed by atoms with Crippen molar-refractivity contribution in [1.82, 2.24) is 10.2 Å². The van der Waals surface area contributed by atoms with Crippen molar-refractivity contribution in [2.24, 2.45) is 0 Å². The summed E-state index contributed by atoms with van der Waals surface area (Å²) in [7, 11) is 0. The molecule has 1 unspecified atom stereocenters. The van der Waals surface area contributed by atoms with Crippen molar-refractivity contribution in [2.75, 3.05) is 26.2 Å². The van der Waals surface area contributed by atoms with E-state index < -0.39 is 0 Å². The Hall–Kier alpha value is -0.840. The van der Waals surface area contributed by atoms with Crippen molar-refractivity contribution < 1.29 is 9.15 Å². The fourth-order valence-corrected chi connectivity index (χ4v) is 2.51. The Morgan fingerprint density at radius 1 is 1.47 bits per heavy atom. The first-order chi connectivity index (χ1) is 9.29. The zero-order valence-corrected chi connectivity index (χ0v) is 12.2. The summed E-state index contributed by atoms with van der Waals surface area (Å²) in [5, 5.41) is 3.40. The van der Waals surface area contributed by atoms with Crippen LogP contribution in [0.5, 0.6) is 0 Å². The largest absolute Gasteiger partial charge is 0.468 e. The minimum atomic E-state index is 0.330. The molecule has 1 N–H and O–H groups in total. The van der Waals surface area contributed by atoms with Crippen molar-refractivity contribution in [3.63, 3.8) is 0 Å². The fourth-order valence-electron chi connectivity index (χ4n) is 2.51. The highest BCUT2D eigenvalue weighted by Gasteiger charge is 2.17. The number of hydrogen-bond acceptors (Lipinski definition) is 4. The summed E-state index contributed by atoms with van der Waals surface area (Å²) >= 11 is 0. The lowest BCUT2D eigenvalue weighted by Gasteiger charge is -2.21. The van der Waals surface area contributed by atoms with E-state index in [9.17, 15) is 0 Å². The molecule has 4 nitrogen and oxygen atoms in total.